The highest BCUT2D eigenvalue weighted by Gasteiger charge is 2.09. The van der Waals surface area contributed by atoms with E-state index < -0.39 is 0 Å². The van der Waals surface area contributed by atoms with Gasteiger partial charge in [0.05, 0.1) is 11.4 Å². The lowest BCUT2D eigenvalue weighted by molar-refractivity contribution is 0.702. The van der Waals surface area contributed by atoms with Crippen LogP contribution >= 0.6 is 11.6 Å². The van der Waals surface area contributed by atoms with Gasteiger partial charge in [0.1, 0.15) is 0 Å². The fourth-order valence-corrected chi connectivity index (χ4v) is 1.73. The van der Waals surface area contributed by atoms with Crippen molar-refractivity contribution in [2.45, 2.75) is 13.0 Å². The summed E-state index contributed by atoms with van der Waals surface area (Å²) in [6.07, 6.45) is 0. The van der Waals surface area contributed by atoms with Crippen molar-refractivity contribution in [2.75, 3.05) is 0 Å². The first-order chi connectivity index (χ1) is 7.58. The molecule has 2 aromatic rings. The molecule has 16 heavy (non-hydrogen) atoms. The number of rotatable bonds is 2. The average Bonchev–Trinajstić information content (AvgIpc) is 2.62. The Hall–Kier alpha value is -1.32. The van der Waals surface area contributed by atoms with Crippen LogP contribution < -0.4 is 5.73 Å². The Morgan fingerprint density at radius 3 is 2.44 bits per heavy atom. The maximum absolute atomic E-state index is 5.85. The minimum Gasteiger partial charge on any atom is -0.323 e. The largest absolute Gasteiger partial charge is 0.323 e. The molecular weight excluding hydrogens is 222 g/mol. The zero-order valence-electron chi connectivity index (χ0n) is 9.31. The highest BCUT2D eigenvalue weighted by Crippen LogP contribution is 2.23. The molecule has 0 aliphatic rings. The van der Waals surface area contributed by atoms with E-state index in [2.05, 4.69) is 5.10 Å². The van der Waals surface area contributed by atoms with Gasteiger partial charge in [-0.3, -0.25) is 4.68 Å². The van der Waals surface area contributed by atoms with Crippen LogP contribution in [0.2, 0.25) is 5.02 Å². The first-order valence-corrected chi connectivity index (χ1v) is 5.51. The molecule has 0 radical (unpaired) electrons. The molecule has 1 atom stereocenters. The van der Waals surface area contributed by atoms with Crippen molar-refractivity contribution < 1.29 is 0 Å². The van der Waals surface area contributed by atoms with Gasteiger partial charge in [-0.25, -0.2) is 0 Å². The number of hydrogen-bond acceptors (Lipinski definition) is 2. The molecule has 0 aliphatic carbocycles. The van der Waals surface area contributed by atoms with Crippen LogP contribution in [-0.4, -0.2) is 9.78 Å². The molecule has 84 valence electrons. The van der Waals surface area contributed by atoms with Gasteiger partial charge in [-0.05, 0) is 30.7 Å². The first kappa shape index (κ1) is 11.2. The molecule has 3 nitrogen and oxygen atoms in total. The molecule has 0 fully saturated rings. The number of hydrogen-bond donors (Lipinski definition) is 1. The molecule has 1 unspecified atom stereocenters. The molecule has 4 heteroatoms. The highest BCUT2D eigenvalue weighted by atomic mass is 35.5. The minimum atomic E-state index is -0.0488. The summed E-state index contributed by atoms with van der Waals surface area (Å²) in [7, 11) is 1.91. The van der Waals surface area contributed by atoms with Crippen LogP contribution in [0.5, 0.6) is 0 Å². The van der Waals surface area contributed by atoms with Crippen molar-refractivity contribution in [1.82, 2.24) is 9.78 Å². The lowest BCUT2D eigenvalue weighted by atomic mass is 10.1. The van der Waals surface area contributed by atoms with Crippen LogP contribution in [0.15, 0.2) is 30.3 Å². The number of benzene rings is 1. The quantitative estimate of drug-likeness (QED) is 0.870. The van der Waals surface area contributed by atoms with Crippen LogP contribution in [-0.2, 0) is 7.05 Å². The predicted octanol–water partition coefficient (Wildman–Crippen LogP) is 2.76. The molecule has 1 aromatic heterocycles. The van der Waals surface area contributed by atoms with E-state index in [0.29, 0.717) is 0 Å². The van der Waals surface area contributed by atoms with E-state index >= 15 is 0 Å². The van der Waals surface area contributed by atoms with Crippen LogP contribution in [0.25, 0.3) is 11.3 Å². The molecule has 0 saturated heterocycles. The maximum atomic E-state index is 5.85. The molecule has 2 rings (SSSR count). The average molecular weight is 236 g/mol. The summed E-state index contributed by atoms with van der Waals surface area (Å²) in [5.41, 5.74) is 8.83. The third kappa shape index (κ3) is 2.10. The van der Waals surface area contributed by atoms with Crippen molar-refractivity contribution in [3.05, 3.63) is 41.0 Å². The summed E-state index contributed by atoms with van der Waals surface area (Å²) in [4.78, 5) is 0. The zero-order chi connectivity index (χ0) is 11.7. The van der Waals surface area contributed by atoms with Gasteiger partial charge in [-0.1, -0.05) is 23.7 Å². The van der Waals surface area contributed by atoms with Gasteiger partial charge >= 0.3 is 0 Å². The van der Waals surface area contributed by atoms with Gasteiger partial charge in [-0.15, -0.1) is 0 Å². The van der Waals surface area contributed by atoms with Crippen LogP contribution in [0, 0.1) is 0 Å². The van der Waals surface area contributed by atoms with Crippen molar-refractivity contribution in [2.24, 2.45) is 12.8 Å². The normalized spacial score (nSPS) is 12.8. The molecule has 1 heterocycles. The Morgan fingerprint density at radius 2 is 1.94 bits per heavy atom. The van der Waals surface area contributed by atoms with Crippen molar-refractivity contribution in [3.8, 4) is 11.3 Å². The van der Waals surface area contributed by atoms with E-state index in [4.69, 9.17) is 17.3 Å². The van der Waals surface area contributed by atoms with E-state index in [0.717, 1.165) is 22.0 Å². The number of aromatic nitrogens is 2. The molecule has 0 aliphatic heterocycles. The summed E-state index contributed by atoms with van der Waals surface area (Å²) < 4.78 is 1.84. The second-order valence-corrected chi connectivity index (χ2v) is 4.31. The van der Waals surface area contributed by atoms with E-state index in [1.165, 1.54) is 0 Å². The van der Waals surface area contributed by atoms with Gasteiger partial charge in [-0.2, -0.15) is 5.10 Å². The van der Waals surface area contributed by atoms with Gasteiger partial charge in [0.25, 0.3) is 0 Å². The molecule has 0 saturated carbocycles. The summed E-state index contributed by atoms with van der Waals surface area (Å²) in [6.45, 7) is 1.92. The topological polar surface area (TPSA) is 43.8 Å². The molecule has 0 amide bonds. The van der Waals surface area contributed by atoms with Crippen LogP contribution in [0.3, 0.4) is 0 Å². The summed E-state index contributed by atoms with van der Waals surface area (Å²) in [5.74, 6) is 0. The lowest BCUT2D eigenvalue weighted by Gasteiger charge is -2.01. The van der Waals surface area contributed by atoms with Gasteiger partial charge < -0.3 is 5.73 Å². The second kappa shape index (κ2) is 4.28. The Labute approximate surface area is 99.8 Å². The Balaban J connectivity index is 2.44. The van der Waals surface area contributed by atoms with Crippen LogP contribution in [0.4, 0.5) is 0 Å². The standard InChI is InChI=1S/C12H14ClN3/c1-8(14)11-7-12(16(2)15-11)9-3-5-10(13)6-4-9/h3-8H,14H2,1-2H3. The summed E-state index contributed by atoms with van der Waals surface area (Å²) in [5, 5.41) is 5.10. The van der Waals surface area contributed by atoms with Crippen molar-refractivity contribution in [1.29, 1.82) is 0 Å². The fraction of sp³-hybridized carbons (Fsp3) is 0.250. The van der Waals surface area contributed by atoms with E-state index in [1.54, 1.807) is 0 Å². The van der Waals surface area contributed by atoms with E-state index in [9.17, 15) is 0 Å². The van der Waals surface area contributed by atoms with E-state index in [1.807, 2.05) is 49.0 Å². The second-order valence-electron chi connectivity index (χ2n) is 3.87. The predicted molar refractivity (Wildman–Crippen MR) is 66.3 cm³/mol. The van der Waals surface area contributed by atoms with Crippen LogP contribution in [0.1, 0.15) is 18.7 Å². The first-order valence-electron chi connectivity index (χ1n) is 5.13. The Morgan fingerprint density at radius 1 is 1.31 bits per heavy atom. The van der Waals surface area contributed by atoms with Gasteiger partial charge in [0.2, 0.25) is 0 Å². The third-order valence-electron chi connectivity index (χ3n) is 2.51. The van der Waals surface area contributed by atoms with Crippen molar-refractivity contribution in [3.63, 3.8) is 0 Å². The molecular formula is C12H14ClN3. The fourth-order valence-electron chi connectivity index (χ4n) is 1.60. The smallest absolute Gasteiger partial charge is 0.0795 e. The van der Waals surface area contributed by atoms with Gasteiger partial charge in [0.15, 0.2) is 0 Å². The van der Waals surface area contributed by atoms with Gasteiger partial charge in [0, 0.05) is 18.1 Å². The zero-order valence-corrected chi connectivity index (χ0v) is 10.1. The summed E-state index contributed by atoms with van der Waals surface area (Å²) >= 11 is 5.85. The third-order valence-corrected chi connectivity index (χ3v) is 2.76. The molecule has 0 bridgehead atoms. The SMILES string of the molecule is CC(N)c1cc(-c2ccc(Cl)cc2)n(C)n1. The number of nitrogens with zero attached hydrogens (tertiary/aromatic N) is 2. The lowest BCUT2D eigenvalue weighted by Crippen LogP contribution is -2.06. The monoisotopic (exact) mass is 235 g/mol. The van der Waals surface area contributed by atoms with Crippen molar-refractivity contribution >= 4 is 11.6 Å². The number of halogens is 1. The number of nitrogens with two attached hydrogens (primary N) is 1. The summed E-state index contributed by atoms with van der Waals surface area (Å²) in [6, 6.07) is 9.65. The number of aryl methyl sites for hydroxylation is 1. The maximum Gasteiger partial charge on any atom is 0.0795 e. The molecule has 0 spiro atoms. The Kier molecular flexibility index (Phi) is 2.99. The minimum absolute atomic E-state index is 0.0488. The highest BCUT2D eigenvalue weighted by molar-refractivity contribution is 6.30. The molecule has 2 N–H and O–H groups in total. The van der Waals surface area contributed by atoms with E-state index in [-0.39, 0.29) is 6.04 Å². The molecule has 1 aromatic carbocycles. The Bertz CT molecular complexity index is 485.